The molecule has 1 aromatic heterocycles. The Labute approximate surface area is 180 Å². The number of anilines is 1. The van der Waals surface area contributed by atoms with E-state index >= 15 is 0 Å². The van der Waals surface area contributed by atoms with Crippen LogP contribution in [-0.4, -0.2) is 55.6 Å². The maximum absolute atomic E-state index is 14.0. The van der Waals surface area contributed by atoms with Gasteiger partial charge < -0.3 is 19.5 Å². The Morgan fingerprint density at radius 1 is 1.06 bits per heavy atom. The topological polar surface area (TPSA) is 56.9 Å². The second-order valence-corrected chi connectivity index (χ2v) is 7.30. The molecule has 31 heavy (non-hydrogen) atoms. The van der Waals surface area contributed by atoms with Crippen LogP contribution >= 0.6 is 0 Å². The highest BCUT2D eigenvalue weighted by Gasteiger charge is 2.21. The Balaban J connectivity index is 1.27. The van der Waals surface area contributed by atoms with Gasteiger partial charge in [-0.05, 0) is 36.4 Å². The van der Waals surface area contributed by atoms with Crippen LogP contribution in [0.25, 0.3) is 11.5 Å². The van der Waals surface area contributed by atoms with Crippen LogP contribution in [0, 0.1) is 11.6 Å². The van der Waals surface area contributed by atoms with Crippen molar-refractivity contribution in [3.63, 3.8) is 0 Å². The first-order valence-corrected chi connectivity index (χ1v) is 10.3. The third-order valence-electron chi connectivity index (χ3n) is 5.29. The summed E-state index contributed by atoms with van der Waals surface area (Å²) < 4.78 is 32.6. The normalized spacial score (nSPS) is 14.7. The van der Waals surface area contributed by atoms with E-state index in [2.05, 4.69) is 25.1 Å². The van der Waals surface area contributed by atoms with Crippen molar-refractivity contribution in [3.8, 4) is 11.5 Å². The second kappa shape index (κ2) is 9.59. The number of piperazine rings is 1. The summed E-state index contributed by atoms with van der Waals surface area (Å²) in [6.45, 7) is 3.62. The van der Waals surface area contributed by atoms with Crippen LogP contribution in [0.1, 0.15) is 5.69 Å². The lowest BCUT2D eigenvalue weighted by atomic mass is 10.2. The molecule has 1 saturated heterocycles. The minimum absolute atomic E-state index is 0.189. The van der Waals surface area contributed by atoms with Crippen LogP contribution in [-0.2, 0) is 6.42 Å². The van der Waals surface area contributed by atoms with Crippen molar-refractivity contribution in [1.29, 1.82) is 0 Å². The number of aliphatic imine (C=N–C) groups is 1. The lowest BCUT2D eigenvalue weighted by molar-refractivity contribution is 0.371. The van der Waals surface area contributed by atoms with Gasteiger partial charge in [0, 0.05) is 51.8 Å². The van der Waals surface area contributed by atoms with E-state index in [0.717, 1.165) is 43.4 Å². The summed E-state index contributed by atoms with van der Waals surface area (Å²) in [6.07, 6.45) is 2.29. The fourth-order valence-electron chi connectivity index (χ4n) is 3.65. The molecule has 0 radical (unpaired) electrons. The van der Waals surface area contributed by atoms with Crippen LogP contribution in [0.3, 0.4) is 0 Å². The minimum Gasteiger partial charge on any atom is -0.444 e. The summed E-state index contributed by atoms with van der Waals surface area (Å²) in [4.78, 5) is 13.1. The molecule has 1 fully saturated rings. The van der Waals surface area contributed by atoms with Gasteiger partial charge in [-0.3, -0.25) is 4.99 Å². The smallest absolute Gasteiger partial charge is 0.226 e. The molecule has 162 valence electrons. The van der Waals surface area contributed by atoms with Crippen molar-refractivity contribution in [3.05, 3.63) is 72.1 Å². The molecule has 0 spiro atoms. The molecule has 0 unspecified atom stereocenters. The number of benzene rings is 2. The molecule has 8 heteroatoms. The zero-order chi connectivity index (χ0) is 21.6. The average molecular weight is 425 g/mol. The molecule has 0 bridgehead atoms. The summed E-state index contributed by atoms with van der Waals surface area (Å²) in [6, 6.07) is 12.9. The molecule has 1 aliphatic rings. The molecular formula is C23H25F2N5O. The minimum atomic E-state index is -0.291. The SMILES string of the molecule is CN=C(NCCc1coc(-c2ccc(F)cc2)n1)N1CCN(c2ccccc2F)CC1. The van der Waals surface area contributed by atoms with Gasteiger partial charge in [-0.15, -0.1) is 0 Å². The molecule has 3 aromatic rings. The van der Waals surface area contributed by atoms with E-state index in [4.69, 9.17) is 4.42 Å². The van der Waals surface area contributed by atoms with E-state index in [1.165, 1.54) is 18.2 Å². The average Bonchev–Trinajstić information content (AvgIpc) is 3.27. The lowest BCUT2D eigenvalue weighted by Crippen LogP contribution is -2.53. The first kappa shape index (κ1) is 20.8. The van der Waals surface area contributed by atoms with Crippen molar-refractivity contribution in [2.45, 2.75) is 6.42 Å². The Bertz CT molecular complexity index is 1030. The molecule has 0 saturated carbocycles. The van der Waals surface area contributed by atoms with Gasteiger partial charge in [0.05, 0.1) is 11.4 Å². The Morgan fingerprint density at radius 2 is 1.81 bits per heavy atom. The highest BCUT2D eigenvalue weighted by atomic mass is 19.1. The molecule has 1 aliphatic heterocycles. The predicted octanol–water partition coefficient (Wildman–Crippen LogP) is 3.56. The standard InChI is InChI=1S/C23H25F2N5O/c1-26-23(30-14-12-29(13-15-30)21-5-3-2-4-20(21)25)27-11-10-19-16-31-22(28-19)17-6-8-18(24)9-7-17/h2-9,16H,10-15H2,1H3,(H,26,27). The molecule has 0 atom stereocenters. The van der Waals surface area contributed by atoms with Crippen molar-refractivity contribution >= 4 is 11.6 Å². The van der Waals surface area contributed by atoms with Crippen molar-refractivity contribution < 1.29 is 13.2 Å². The number of guanidine groups is 1. The van der Waals surface area contributed by atoms with Crippen LogP contribution in [0.5, 0.6) is 0 Å². The lowest BCUT2D eigenvalue weighted by Gasteiger charge is -2.37. The maximum Gasteiger partial charge on any atom is 0.226 e. The number of nitrogens with zero attached hydrogens (tertiary/aromatic N) is 4. The van der Waals surface area contributed by atoms with E-state index in [1.807, 2.05) is 12.1 Å². The van der Waals surface area contributed by atoms with Crippen molar-refractivity contribution in [2.75, 3.05) is 44.7 Å². The first-order chi connectivity index (χ1) is 15.1. The first-order valence-electron chi connectivity index (χ1n) is 10.3. The quantitative estimate of drug-likeness (QED) is 0.500. The molecule has 0 aliphatic carbocycles. The van der Waals surface area contributed by atoms with Gasteiger partial charge in [-0.2, -0.15) is 0 Å². The number of hydrogen-bond donors (Lipinski definition) is 1. The zero-order valence-corrected chi connectivity index (χ0v) is 17.4. The number of oxazole rings is 1. The predicted molar refractivity (Wildman–Crippen MR) is 117 cm³/mol. The van der Waals surface area contributed by atoms with Crippen LogP contribution in [0.2, 0.25) is 0 Å². The second-order valence-electron chi connectivity index (χ2n) is 7.30. The third kappa shape index (κ3) is 5.02. The molecule has 0 amide bonds. The molecule has 1 N–H and O–H groups in total. The van der Waals surface area contributed by atoms with Gasteiger partial charge in [0.25, 0.3) is 0 Å². The van der Waals surface area contributed by atoms with E-state index in [1.54, 1.807) is 31.5 Å². The number of para-hydroxylation sites is 1. The molecule has 6 nitrogen and oxygen atoms in total. The largest absolute Gasteiger partial charge is 0.444 e. The van der Waals surface area contributed by atoms with Gasteiger partial charge in [0.15, 0.2) is 5.96 Å². The fourth-order valence-corrected chi connectivity index (χ4v) is 3.65. The van der Waals surface area contributed by atoms with Gasteiger partial charge in [-0.1, -0.05) is 12.1 Å². The Morgan fingerprint density at radius 3 is 2.52 bits per heavy atom. The zero-order valence-electron chi connectivity index (χ0n) is 17.4. The Hall–Kier alpha value is -3.42. The van der Waals surface area contributed by atoms with Gasteiger partial charge >= 0.3 is 0 Å². The van der Waals surface area contributed by atoms with Gasteiger partial charge in [0.2, 0.25) is 5.89 Å². The summed E-state index contributed by atoms with van der Waals surface area (Å²) in [7, 11) is 1.76. The van der Waals surface area contributed by atoms with Crippen LogP contribution in [0.15, 0.2) is 64.2 Å². The van der Waals surface area contributed by atoms with Crippen molar-refractivity contribution in [2.24, 2.45) is 4.99 Å². The van der Waals surface area contributed by atoms with Gasteiger partial charge in [0.1, 0.15) is 17.9 Å². The van der Waals surface area contributed by atoms with E-state index < -0.39 is 0 Å². The monoisotopic (exact) mass is 425 g/mol. The molecule has 2 heterocycles. The highest BCUT2D eigenvalue weighted by Crippen LogP contribution is 2.21. The van der Waals surface area contributed by atoms with Crippen LogP contribution < -0.4 is 10.2 Å². The summed E-state index contributed by atoms with van der Waals surface area (Å²) in [5, 5.41) is 3.36. The summed E-state index contributed by atoms with van der Waals surface area (Å²) >= 11 is 0. The number of aromatic nitrogens is 1. The van der Waals surface area contributed by atoms with E-state index in [0.29, 0.717) is 24.5 Å². The number of rotatable bonds is 5. The Kier molecular flexibility index (Phi) is 6.45. The summed E-state index contributed by atoms with van der Waals surface area (Å²) in [5.41, 5.74) is 2.20. The fraction of sp³-hybridized carbons (Fsp3) is 0.304. The molecule has 2 aromatic carbocycles. The van der Waals surface area contributed by atoms with E-state index in [-0.39, 0.29) is 11.6 Å². The third-order valence-corrected chi connectivity index (χ3v) is 5.29. The molecular weight excluding hydrogens is 400 g/mol. The maximum atomic E-state index is 14.0. The number of halogens is 2. The summed E-state index contributed by atoms with van der Waals surface area (Å²) in [5.74, 6) is 0.811. The van der Waals surface area contributed by atoms with E-state index in [9.17, 15) is 8.78 Å². The highest BCUT2D eigenvalue weighted by molar-refractivity contribution is 5.80. The van der Waals surface area contributed by atoms with Crippen molar-refractivity contribution in [1.82, 2.24) is 15.2 Å². The van der Waals surface area contributed by atoms with Crippen LogP contribution in [0.4, 0.5) is 14.5 Å². The molecule has 4 rings (SSSR count). The van der Waals surface area contributed by atoms with Gasteiger partial charge in [-0.25, -0.2) is 13.8 Å². The number of hydrogen-bond acceptors (Lipinski definition) is 4. The number of nitrogens with one attached hydrogen (secondary N) is 1.